The monoisotopic (exact) mass is 259 g/mol. The van der Waals surface area contributed by atoms with Gasteiger partial charge in [-0.15, -0.1) is 0 Å². The van der Waals surface area contributed by atoms with Gasteiger partial charge in [0.05, 0.1) is 0 Å². The van der Waals surface area contributed by atoms with Gasteiger partial charge in [0.15, 0.2) is 0 Å². The number of aromatic nitrogens is 1. The first kappa shape index (κ1) is 12.9. The Balaban J connectivity index is 1.44. The molecule has 2 aliphatic rings. The summed E-state index contributed by atoms with van der Waals surface area (Å²) in [6.07, 6.45) is 10.6. The standard InChI is InChI=1S/C16H25N3/c1-13(12-14-2-3-14)18-15-6-10-19(11-7-15)16-4-8-17-9-5-16/h4-5,8-9,13-15,18H,2-3,6-7,10-12H2,1H3. The molecular formula is C16H25N3. The molecule has 1 aromatic rings. The lowest BCUT2D eigenvalue weighted by atomic mass is 10.0. The number of hydrogen-bond acceptors (Lipinski definition) is 3. The Hall–Kier alpha value is -1.09. The maximum atomic E-state index is 4.09. The zero-order valence-corrected chi connectivity index (χ0v) is 11.9. The molecule has 3 heteroatoms. The third kappa shape index (κ3) is 3.69. The van der Waals surface area contributed by atoms with Crippen molar-refractivity contribution in [1.29, 1.82) is 0 Å². The third-order valence-electron chi connectivity index (χ3n) is 4.43. The molecule has 1 saturated carbocycles. The minimum Gasteiger partial charge on any atom is -0.371 e. The average molecular weight is 259 g/mol. The highest BCUT2D eigenvalue weighted by molar-refractivity contribution is 5.44. The van der Waals surface area contributed by atoms with E-state index >= 15 is 0 Å². The quantitative estimate of drug-likeness (QED) is 0.881. The van der Waals surface area contributed by atoms with Crippen LogP contribution < -0.4 is 10.2 Å². The van der Waals surface area contributed by atoms with E-state index in [2.05, 4.69) is 34.3 Å². The first-order valence-corrected chi connectivity index (χ1v) is 7.72. The number of nitrogens with one attached hydrogen (secondary N) is 1. The summed E-state index contributed by atoms with van der Waals surface area (Å²) in [6, 6.07) is 5.64. The van der Waals surface area contributed by atoms with Crippen molar-refractivity contribution in [3.05, 3.63) is 24.5 Å². The largest absolute Gasteiger partial charge is 0.371 e. The van der Waals surface area contributed by atoms with E-state index in [9.17, 15) is 0 Å². The molecule has 3 nitrogen and oxygen atoms in total. The molecule has 1 aliphatic carbocycles. The predicted octanol–water partition coefficient (Wildman–Crippen LogP) is 2.83. The molecule has 1 aromatic heterocycles. The van der Waals surface area contributed by atoms with E-state index in [4.69, 9.17) is 0 Å². The molecule has 0 aromatic carbocycles. The molecule has 1 saturated heterocycles. The molecular weight excluding hydrogens is 234 g/mol. The fourth-order valence-corrected chi connectivity index (χ4v) is 3.18. The van der Waals surface area contributed by atoms with Gasteiger partial charge in [-0.25, -0.2) is 0 Å². The lowest BCUT2D eigenvalue weighted by molar-refractivity contribution is 0.359. The Labute approximate surface area is 116 Å². The molecule has 1 atom stereocenters. The van der Waals surface area contributed by atoms with Crippen LogP contribution in [0.25, 0.3) is 0 Å². The van der Waals surface area contributed by atoms with E-state index in [1.807, 2.05) is 12.4 Å². The van der Waals surface area contributed by atoms with Gasteiger partial charge in [-0.3, -0.25) is 4.98 Å². The molecule has 0 bridgehead atoms. The fourth-order valence-electron chi connectivity index (χ4n) is 3.18. The second kappa shape index (κ2) is 5.91. The van der Waals surface area contributed by atoms with Crippen molar-refractivity contribution in [2.24, 2.45) is 5.92 Å². The molecule has 19 heavy (non-hydrogen) atoms. The Kier molecular flexibility index (Phi) is 4.02. The van der Waals surface area contributed by atoms with Gasteiger partial charge in [0.1, 0.15) is 0 Å². The van der Waals surface area contributed by atoms with Crippen LogP contribution >= 0.6 is 0 Å². The van der Waals surface area contributed by atoms with Crippen LogP contribution in [-0.4, -0.2) is 30.2 Å². The van der Waals surface area contributed by atoms with Crippen LogP contribution in [-0.2, 0) is 0 Å². The van der Waals surface area contributed by atoms with Crippen molar-refractivity contribution in [3.8, 4) is 0 Å². The minimum absolute atomic E-state index is 0.699. The third-order valence-corrected chi connectivity index (χ3v) is 4.43. The van der Waals surface area contributed by atoms with Gasteiger partial charge in [-0.2, -0.15) is 0 Å². The molecule has 2 fully saturated rings. The summed E-state index contributed by atoms with van der Waals surface area (Å²) in [4.78, 5) is 6.57. The van der Waals surface area contributed by atoms with E-state index in [0.717, 1.165) is 19.0 Å². The van der Waals surface area contributed by atoms with Crippen molar-refractivity contribution >= 4 is 5.69 Å². The zero-order chi connectivity index (χ0) is 13.1. The summed E-state index contributed by atoms with van der Waals surface area (Å²) >= 11 is 0. The van der Waals surface area contributed by atoms with Gasteiger partial charge in [0.2, 0.25) is 0 Å². The predicted molar refractivity (Wildman–Crippen MR) is 79.4 cm³/mol. The lowest BCUT2D eigenvalue weighted by Gasteiger charge is -2.35. The Morgan fingerprint density at radius 2 is 1.89 bits per heavy atom. The van der Waals surface area contributed by atoms with Gasteiger partial charge in [-0.1, -0.05) is 12.8 Å². The van der Waals surface area contributed by atoms with E-state index in [1.165, 1.54) is 37.8 Å². The average Bonchev–Trinajstić information content (AvgIpc) is 3.24. The van der Waals surface area contributed by atoms with Crippen molar-refractivity contribution < 1.29 is 0 Å². The Bertz CT molecular complexity index is 380. The lowest BCUT2D eigenvalue weighted by Crippen LogP contribution is -2.45. The normalized spacial score (nSPS) is 22.5. The van der Waals surface area contributed by atoms with Gasteiger partial charge < -0.3 is 10.2 Å². The van der Waals surface area contributed by atoms with Crippen LogP contribution in [0.3, 0.4) is 0 Å². The number of piperidine rings is 1. The number of anilines is 1. The van der Waals surface area contributed by atoms with Crippen LogP contribution in [0, 0.1) is 5.92 Å². The van der Waals surface area contributed by atoms with E-state index in [0.29, 0.717) is 12.1 Å². The maximum Gasteiger partial charge on any atom is 0.0397 e. The summed E-state index contributed by atoms with van der Waals surface area (Å²) in [5.74, 6) is 1.03. The van der Waals surface area contributed by atoms with E-state index in [1.54, 1.807) is 0 Å². The summed E-state index contributed by atoms with van der Waals surface area (Å²) < 4.78 is 0. The zero-order valence-electron chi connectivity index (χ0n) is 11.9. The highest BCUT2D eigenvalue weighted by Crippen LogP contribution is 2.33. The molecule has 0 spiro atoms. The first-order valence-electron chi connectivity index (χ1n) is 7.72. The molecule has 0 radical (unpaired) electrons. The van der Waals surface area contributed by atoms with Gasteiger partial charge >= 0.3 is 0 Å². The van der Waals surface area contributed by atoms with Crippen LogP contribution in [0.15, 0.2) is 24.5 Å². The SMILES string of the molecule is CC(CC1CC1)NC1CCN(c2ccncc2)CC1. The highest BCUT2D eigenvalue weighted by Gasteiger charge is 2.26. The van der Waals surface area contributed by atoms with Crippen LogP contribution in [0.4, 0.5) is 5.69 Å². The van der Waals surface area contributed by atoms with Crippen molar-refractivity contribution in [1.82, 2.24) is 10.3 Å². The highest BCUT2D eigenvalue weighted by atomic mass is 15.1. The van der Waals surface area contributed by atoms with Gasteiger partial charge in [-0.05, 0) is 44.2 Å². The number of pyridine rings is 1. The number of hydrogen-bond donors (Lipinski definition) is 1. The summed E-state index contributed by atoms with van der Waals surface area (Å²) in [6.45, 7) is 4.68. The molecule has 1 unspecified atom stereocenters. The number of nitrogens with zero attached hydrogens (tertiary/aromatic N) is 2. The molecule has 0 amide bonds. The van der Waals surface area contributed by atoms with Crippen molar-refractivity contribution in [2.75, 3.05) is 18.0 Å². The van der Waals surface area contributed by atoms with E-state index < -0.39 is 0 Å². The summed E-state index contributed by atoms with van der Waals surface area (Å²) in [5, 5.41) is 3.82. The molecule has 2 heterocycles. The second-order valence-corrected chi connectivity index (χ2v) is 6.21. The van der Waals surface area contributed by atoms with Gasteiger partial charge in [0, 0.05) is 43.3 Å². The topological polar surface area (TPSA) is 28.2 Å². The van der Waals surface area contributed by atoms with E-state index in [-0.39, 0.29) is 0 Å². The fraction of sp³-hybridized carbons (Fsp3) is 0.688. The Morgan fingerprint density at radius 1 is 1.21 bits per heavy atom. The smallest absolute Gasteiger partial charge is 0.0397 e. The van der Waals surface area contributed by atoms with Crippen LogP contribution in [0.5, 0.6) is 0 Å². The summed E-state index contributed by atoms with van der Waals surface area (Å²) in [7, 11) is 0. The molecule has 1 aliphatic heterocycles. The summed E-state index contributed by atoms with van der Waals surface area (Å²) in [5.41, 5.74) is 1.32. The second-order valence-electron chi connectivity index (χ2n) is 6.21. The first-order chi connectivity index (χ1) is 9.31. The molecule has 1 N–H and O–H groups in total. The van der Waals surface area contributed by atoms with Crippen LogP contribution in [0.1, 0.15) is 39.0 Å². The Morgan fingerprint density at radius 3 is 2.53 bits per heavy atom. The molecule has 104 valence electrons. The number of rotatable bonds is 5. The van der Waals surface area contributed by atoms with Crippen molar-refractivity contribution in [3.63, 3.8) is 0 Å². The van der Waals surface area contributed by atoms with Crippen LogP contribution in [0.2, 0.25) is 0 Å². The minimum atomic E-state index is 0.699. The maximum absolute atomic E-state index is 4.09. The molecule has 3 rings (SSSR count). The van der Waals surface area contributed by atoms with Gasteiger partial charge in [0.25, 0.3) is 0 Å². The van der Waals surface area contributed by atoms with Crippen molar-refractivity contribution in [2.45, 2.75) is 51.1 Å².